The Morgan fingerprint density at radius 1 is 0.794 bits per heavy atom. The largest absolute Gasteiger partial charge is 0.367 e. The van der Waals surface area contributed by atoms with E-state index in [9.17, 15) is 14.4 Å². The first-order valence-corrected chi connectivity index (χ1v) is 11.4. The van der Waals surface area contributed by atoms with Gasteiger partial charge in [0.1, 0.15) is 0 Å². The van der Waals surface area contributed by atoms with Crippen LogP contribution >= 0.6 is 0 Å². The highest BCUT2D eigenvalue weighted by atomic mass is 16.2. The molecule has 0 aromatic heterocycles. The van der Waals surface area contributed by atoms with E-state index in [0.29, 0.717) is 24.3 Å². The Morgan fingerprint density at radius 2 is 1.44 bits per heavy atom. The molecule has 1 aliphatic heterocycles. The van der Waals surface area contributed by atoms with E-state index in [0.717, 1.165) is 25.1 Å². The molecule has 0 spiro atoms. The Bertz CT molecular complexity index is 1170. The molecule has 0 bridgehead atoms. The number of carbonyl (C=O) groups excluding carboxylic acids is 3. The number of fused-ring (bicyclic) bond motifs is 1. The molecule has 174 valence electrons. The van der Waals surface area contributed by atoms with Gasteiger partial charge in [-0.3, -0.25) is 14.4 Å². The van der Waals surface area contributed by atoms with E-state index >= 15 is 0 Å². The van der Waals surface area contributed by atoms with Gasteiger partial charge in [-0.25, -0.2) is 0 Å². The molecular formula is C27H28N4O3. The van der Waals surface area contributed by atoms with E-state index in [2.05, 4.69) is 69.4 Å². The Kier molecular flexibility index (Phi) is 7.22. The monoisotopic (exact) mass is 456 g/mol. The number of amides is 3. The topological polar surface area (TPSA) is 90.5 Å². The molecule has 0 atom stereocenters. The molecule has 0 unspecified atom stereocenters. The molecule has 4 rings (SSSR count). The summed E-state index contributed by atoms with van der Waals surface area (Å²) in [5, 5.41) is 7.86. The molecular weight excluding hydrogens is 428 g/mol. The Hall–Kier alpha value is -4.13. The molecule has 0 saturated heterocycles. The van der Waals surface area contributed by atoms with Gasteiger partial charge >= 0.3 is 11.8 Å². The van der Waals surface area contributed by atoms with Crippen molar-refractivity contribution >= 4 is 34.8 Å². The van der Waals surface area contributed by atoms with Crippen molar-refractivity contribution in [2.45, 2.75) is 26.3 Å². The summed E-state index contributed by atoms with van der Waals surface area (Å²) in [5.74, 6) is -1.59. The minimum Gasteiger partial charge on any atom is -0.367 e. The number of benzene rings is 3. The molecule has 7 nitrogen and oxygen atoms in total. The smallest absolute Gasteiger partial charge is 0.313 e. The third kappa shape index (κ3) is 6.01. The highest BCUT2D eigenvalue weighted by molar-refractivity contribution is 6.39. The van der Waals surface area contributed by atoms with Crippen LogP contribution in [-0.2, 0) is 33.8 Å². The summed E-state index contributed by atoms with van der Waals surface area (Å²) in [6.07, 6.45) is 1.68. The van der Waals surface area contributed by atoms with Crippen LogP contribution in [0.4, 0.5) is 17.1 Å². The first-order valence-electron chi connectivity index (χ1n) is 11.4. The van der Waals surface area contributed by atoms with Crippen LogP contribution < -0.4 is 20.9 Å². The predicted molar refractivity (Wildman–Crippen MR) is 134 cm³/mol. The van der Waals surface area contributed by atoms with E-state index in [-0.39, 0.29) is 5.91 Å². The Balaban J connectivity index is 1.22. The average Bonchev–Trinajstić information content (AvgIpc) is 2.85. The van der Waals surface area contributed by atoms with Gasteiger partial charge in [0.2, 0.25) is 5.91 Å². The Morgan fingerprint density at radius 3 is 2.12 bits per heavy atom. The van der Waals surface area contributed by atoms with E-state index < -0.39 is 11.8 Å². The standard InChI is InChI=1S/C27H28N4O3/c1-19(32)29-23-8-10-24(11-9-23)30-27(34)26(33)28-16-14-20-6-12-25(13-7-20)31-17-15-21-4-2-3-5-22(21)18-31/h2-13H,14-18H2,1H3,(H,28,33)(H,29,32)(H,30,34). The molecule has 0 saturated carbocycles. The molecule has 3 aromatic rings. The highest BCUT2D eigenvalue weighted by Gasteiger charge is 2.16. The molecule has 0 aliphatic carbocycles. The van der Waals surface area contributed by atoms with Gasteiger partial charge in [-0.15, -0.1) is 0 Å². The predicted octanol–water partition coefficient (Wildman–Crippen LogP) is 3.51. The maximum absolute atomic E-state index is 12.1. The van der Waals surface area contributed by atoms with Gasteiger partial charge in [0, 0.05) is 43.6 Å². The third-order valence-electron chi connectivity index (χ3n) is 5.80. The van der Waals surface area contributed by atoms with Crippen molar-refractivity contribution in [1.29, 1.82) is 0 Å². The summed E-state index contributed by atoms with van der Waals surface area (Å²) in [7, 11) is 0. The molecule has 0 fully saturated rings. The summed E-state index contributed by atoms with van der Waals surface area (Å²) in [5.41, 5.74) is 6.18. The number of anilines is 3. The Labute approximate surface area is 199 Å². The maximum Gasteiger partial charge on any atom is 0.313 e. The quantitative estimate of drug-likeness (QED) is 0.495. The summed E-state index contributed by atoms with van der Waals surface area (Å²) in [6.45, 7) is 3.70. The lowest BCUT2D eigenvalue weighted by Crippen LogP contribution is -2.36. The van der Waals surface area contributed by atoms with Crippen LogP contribution in [0.1, 0.15) is 23.6 Å². The SMILES string of the molecule is CC(=O)Nc1ccc(NC(=O)C(=O)NCCc2ccc(N3CCc4ccccc4C3)cc2)cc1. The van der Waals surface area contributed by atoms with Crippen molar-refractivity contribution in [1.82, 2.24) is 5.32 Å². The fourth-order valence-corrected chi connectivity index (χ4v) is 4.02. The molecule has 3 aromatic carbocycles. The van der Waals surface area contributed by atoms with Gasteiger partial charge in [-0.05, 0) is 65.9 Å². The van der Waals surface area contributed by atoms with Gasteiger partial charge in [-0.2, -0.15) is 0 Å². The summed E-state index contributed by atoms with van der Waals surface area (Å²) >= 11 is 0. The van der Waals surface area contributed by atoms with Gasteiger partial charge in [0.25, 0.3) is 0 Å². The maximum atomic E-state index is 12.1. The van der Waals surface area contributed by atoms with Crippen LogP contribution in [0.2, 0.25) is 0 Å². The second-order valence-electron chi connectivity index (χ2n) is 8.33. The number of hydrogen-bond acceptors (Lipinski definition) is 4. The van der Waals surface area contributed by atoms with Crippen LogP contribution in [-0.4, -0.2) is 30.8 Å². The number of nitrogens with one attached hydrogen (secondary N) is 3. The zero-order valence-electron chi connectivity index (χ0n) is 19.1. The second kappa shape index (κ2) is 10.7. The summed E-state index contributed by atoms with van der Waals surface area (Å²) < 4.78 is 0. The van der Waals surface area contributed by atoms with Crippen molar-refractivity contribution in [3.8, 4) is 0 Å². The molecule has 34 heavy (non-hydrogen) atoms. The fourth-order valence-electron chi connectivity index (χ4n) is 4.02. The lowest BCUT2D eigenvalue weighted by molar-refractivity contribution is -0.136. The van der Waals surface area contributed by atoms with Crippen molar-refractivity contribution in [3.05, 3.63) is 89.5 Å². The first kappa shape index (κ1) is 23.0. The van der Waals surface area contributed by atoms with E-state index in [4.69, 9.17) is 0 Å². The van der Waals surface area contributed by atoms with Crippen molar-refractivity contribution < 1.29 is 14.4 Å². The van der Waals surface area contributed by atoms with Gasteiger partial charge < -0.3 is 20.9 Å². The molecule has 1 heterocycles. The second-order valence-corrected chi connectivity index (χ2v) is 8.33. The van der Waals surface area contributed by atoms with Gasteiger partial charge in [0.15, 0.2) is 0 Å². The number of carbonyl (C=O) groups is 3. The molecule has 1 aliphatic rings. The third-order valence-corrected chi connectivity index (χ3v) is 5.80. The number of hydrogen-bond donors (Lipinski definition) is 3. The van der Waals surface area contributed by atoms with Crippen LogP contribution in [0.15, 0.2) is 72.8 Å². The fraction of sp³-hybridized carbons (Fsp3) is 0.222. The minimum absolute atomic E-state index is 0.178. The van der Waals surface area contributed by atoms with Gasteiger partial charge in [0.05, 0.1) is 0 Å². The van der Waals surface area contributed by atoms with E-state index in [1.807, 2.05) is 0 Å². The van der Waals surface area contributed by atoms with Crippen LogP contribution in [0, 0.1) is 0 Å². The van der Waals surface area contributed by atoms with Crippen molar-refractivity contribution in [2.75, 3.05) is 28.6 Å². The molecule has 7 heteroatoms. The highest BCUT2D eigenvalue weighted by Crippen LogP contribution is 2.24. The zero-order valence-corrected chi connectivity index (χ0v) is 19.1. The lowest BCUT2D eigenvalue weighted by Gasteiger charge is -2.30. The summed E-state index contributed by atoms with van der Waals surface area (Å²) in [4.78, 5) is 37.7. The van der Waals surface area contributed by atoms with E-state index in [1.54, 1.807) is 24.3 Å². The average molecular weight is 457 g/mol. The lowest BCUT2D eigenvalue weighted by atomic mass is 9.99. The number of nitrogens with zero attached hydrogens (tertiary/aromatic N) is 1. The van der Waals surface area contributed by atoms with Crippen molar-refractivity contribution in [2.24, 2.45) is 0 Å². The van der Waals surface area contributed by atoms with Crippen molar-refractivity contribution in [3.63, 3.8) is 0 Å². The van der Waals surface area contributed by atoms with Crippen LogP contribution in [0.3, 0.4) is 0 Å². The molecule has 0 radical (unpaired) electrons. The molecule has 3 amide bonds. The molecule has 3 N–H and O–H groups in total. The zero-order chi connectivity index (χ0) is 23.9. The minimum atomic E-state index is -0.729. The normalized spacial score (nSPS) is 12.4. The number of rotatable bonds is 6. The van der Waals surface area contributed by atoms with Gasteiger partial charge in [-0.1, -0.05) is 36.4 Å². The van der Waals surface area contributed by atoms with Crippen LogP contribution in [0.25, 0.3) is 0 Å². The first-order chi connectivity index (χ1) is 16.5. The van der Waals surface area contributed by atoms with Crippen LogP contribution in [0.5, 0.6) is 0 Å². The summed E-state index contributed by atoms with van der Waals surface area (Å²) in [6, 6.07) is 23.5. The van der Waals surface area contributed by atoms with E-state index in [1.165, 1.54) is 23.7 Å².